The van der Waals surface area contributed by atoms with Crippen LogP contribution in [0.3, 0.4) is 0 Å². The fourth-order valence-corrected chi connectivity index (χ4v) is 1.51. The lowest BCUT2D eigenvalue weighted by Gasteiger charge is -2.12. The van der Waals surface area contributed by atoms with E-state index in [0.717, 1.165) is 11.3 Å². The van der Waals surface area contributed by atoms with Gasteiger partial charge in [0.25, 0.3) is 0 Å². The molecule has 0 spiro atoms. The summed E-state index contributed by atoms with van der Waals surface area (Å²) < 4.78 is 14.7. The quantitative estimate of drug-likeness (QED) is 0.815. The SMILES string of the molecule is C[C@@H](N)c1cc(F)ccc1-n1cccn1. The number of benzene rings is 1. The van der Waals surface area contributed by atoms with E-state index in [1.165, 1.54) is 12.1 Å². The van der Waals surface area contributed by atoms with Crippen LogP contribution in [0.1, 0.15) is 18.5 Å². The summed E-state index contributed by atoms with van der Waals surface area (Å²) in [4.78, 5) is 0. The van der Waals surface area contributed by atoms with Crippen LogP contribution in [0.4, 0.5) is 4.39 Å². The predicted octanol–water partition coefficient (Wildman–Crippen LogP) is 2.03. The Morgan fingerprint density at radius 2 is 2.27 bits per heavy atom. The molecule has 0 aliphatic rings. The van der Waals surface area contributed by atoms with E-state index < -0.39 is 0 Å². The molecule has 0 aliphatic heterocycles. The first-order valence-corrected chi connectivity index (χ1v) is 4.73. The van der Waals surface area contributed by atoms with E-state index in [-0.39, 0.29) is 11.9 Å². The highest BCUT2D eigenvalue weighted by Gasteiger charge is 2.09. The largest absolute Gasteiger partial charge is 0.324 e. The summed E-state index contributed by atoms with van der Waals surface area (Å²) in [6.45, 7) is 1.82. The van der Waals surface area contributed by atoms with Gasteiger partial charge in [0.15, 0.2) is 0 Å². The molecule has 1 atom stereocenters. The maximum Gasteiger partial charge on any atom is 0.123 e. The van der Waals surface area contributed by atoms with Crippen molar-refractivity contribution in [3.63, 3.8) is 0 Å². The van der Waals surface area contributed by atoms with Crippen molar-refractivity contribution in [2.45, 2.75) is 13.0 Å². The van der Waals surface area contributed by atoms with Crippen molar-refractivity contribution in [3.8, 4) is 5.69 Å². The van der Waals surface area contributed by atoms with Crippen LogP contribution >= 0.6 is 0 Å². The molecule has 0 unspecified atom stereocenters. The summed E-state index contributed by atoms with van der Waals surface area (Å²) in [5.74, 6) is -0.279. The molecule has 2 aromatic rings. The molecular formula is C11H12FN3. The van der Waals surface area contributed by atoms with Crippen LogP contribution < -0.4 is 5.73 Å². The predicted molar refractivity (Wildman–Crippen MR) is 56.1 cm³/mol. The van der Waals surface area contributed by atoms with Crippen molar-refractivity contribution in [1.82, 2.24) is 9.78 Å². The maximum absolute atomic E-state index is 13.1. The van der Waals surface area contributed by atoms with Crippen molar-refractivity contribution in [3.05, 3.63) is 48.0 Å². The number of halogens is 1. The lowest BCUT2D eigenvalue weighted by Crippen LogP contribution is -2.10. The minimum atomic E-state index is -0.279. The second-order valence-electron chi connectivity index (χ2n) is 3.44. The molecule has 0 amide bonds. The minimum Gasteiger partial charge on any atom is -0.324 e. The lowest BCUT2D eigenvalue weighted by molar-refractivity contribution is 0.620. The number of hydrogen-bond donors (Lipinski definition) is 1. The topological polar surface area (TPSA) is 43.8 Å². The summed E-state index contributed by atoms with van der Waals surface area (Å²) >= 11 is 0. The molecule has 1 aromatic carbocycles. The third-order valence-corrected chi connectivity index (χ3v) is 2.23. The molecule has 1 heterocycles. The van der Waals surface area contributed by atoms with Crippen molar-refractivity contribution < 1.29 is 4.39 Å². The summed E-state index contributed by atoms with van der Waals surface area (Å²) in [6, 6.07) is 6.12. The second kappa shape index (κ2) is 3.82. The Morgan fingerprint density at radius 3 is 2.87 bits per heavy atom. The van der Waals surface area contributed by atoms with Crippen molar-refractivity contribution in [1.29, 1.82) is 0 Å². The van der Waals surface area contributed by atoms with E-state index in [2.05, 4.69) is 5.10 Å². The Hall–Kier alpha value is -1.68. The third kappa shape index (κ3) is 1.89. The molecule has 0 fully saturated rings. The summed E-state index contributed by atoms with van der Waals surface area (Å²) in [7, 11) is 0. The molecule has 0 aliphatic carbocycles. The molecule has 2 rings (SSSR count). The molecule has 3 nitrogen and oxygen atoms in total. The highest BCUT2D eigenvalue weighted by Crippen LogP contribution is 2.20. The fraction of sp³-hybridized carbons (Fsp3) is 0.182. The van der Waals surface area contributed by atoms with Crippen molar-refractivity contribution >= 4 is 0 Å². The van der Waals surface area contributed by atoms with Crippen LogP contribution in [0.5, 0.6) is 0 Å². The van der Waals surface area contributed by atoms with Gasteiger partial charge in [-0.3, -0.25) is 0 Å². The molecule has 0 saturated heterocycles. The lowest BCUT2D eigenvalue weighted by atomic mass is 10.1. The Labute approximate surface area is 87.3 Å². The smallest absolute Gasteiger partial charge is 0.123 e. The number of aromatic nitrogens is 2. The minimum absolute atomic E-state index is 0.222. The molecule has 2 N–H and O–H groups in total. The van der Waals surface area contributed by atoms with E-state index in [1.54, 1.807) is 23.1 Å². The summed E-state index contributed by atoms with van der Waals surface area (Å²) in [6.07, 6.45) is 3.48. The van der Waals surface area contributed by atoms with E-state index in [1.807, 2.05) is 13.0 Å². The van der Waals surface area contributed by atoms with Crippen molar-refractivity contribution in [2.75, 3.05) is 0 Å². The van der Waals surface area contributed by atoms with Gasteiger partial charge < -0.3 is 5.73 Å². The van der Waals surface area contributed by atoms with Gasteiger partial charge >= 0.3 is 0 Å². The van der Waals surface area contributed by atoms with Gasteiger partial charge in [0, 0.05) is 18.4 Å². The van der Waals surface area contributed by atoms with Crippen molar-refractivity contribution in [2.24, 2.45) is 5.73 Å². The molecule has 15 heavy (non-hydrogen) atoms. The molecule has 4 heteroatoms. The average molecular weight is 205 g/mol. The zero-order valence-corrected chi connectivity index (χ0v) is 8.39. The van der Waals surface area contributed by atoms with E-state index >= 15 is 0 Å². The normalized spacial score (nSPS) is 12.7. The van der Waals surface area contributed by atoms with Crippen LogP contribution in [0, 0.1) is 5.82 Å². The first-order chi connectivity index (χ1) is 7.18. The molecule has 0 radical (unpaired) electrons. The molecule has 78 valence electrons. The summed E-state index contributed by atoms with van der Waals surface area (Å²) in [5.41, 5.74) is 7.35. The highest BCUT2D eigenvalue weighted by molar-refractivity contribution is 5.42. The van der Waals surface area contributed by atoms with E-state index in [0.29, 0.717) is 0 Å². The van der Waals surface area contributed by atoms with Crippen LogP contribution in [0.2, 0.25) is 0 Å². The fourth-order valence-electron chi connectivity index (χ4n) is 1.51. The van der Waals surface area contributed by atoms with E-state index in [9.17, 15) is 4.39 Å². The summed E-state index contributed by atoms with van der Waals surface area (Å²) in [5, 5.41) is 4.10. The zero-order chi connectivity index (χ0) is 10.8. The van der Waals surface area contributed by atoms with Gasteiger partial charge in [0.1, 0.15) is 5.82 Å². The van der Waals surface area contributed by atoms with Gasteiger partial charge in [-0.15, -0.1) is 0 Å². The number of nitrogens with zero attached hydrogens (tertiary/aromatic N) is 2. The Balaban J connectivity index is 2.56. The Morgan fingerprint density at radius 1 is 1.47 bits per heavy atom. The van der Waals surface area contributed by atoms with Gasteiger partial charge in [0.2, 0.25) is 0 Å². The van der Waals surface area contributed by atoms with Gasteiger partial charge in [-0.25, -0.2) is 9.07 Å². The molecule has 0 saturated carbocycles. The van der Waals surface area contributed by atoms with E-state index in [4.69, 9.17) is 5.73 Å². The van der Waals surface area contributed by atoms with Crippen LogP contribution in [-0.2, 0) is 0 Å². The first-order valence-electron chi connectivity index (χ1n) is 4.73. The van der Waals surface area contributed by atoms with Crippen LogP contribution in [0.15, 0.2) is 36.7 Å². The van der Waals surface area contributed by atoms with Gasteiger partial charge in [-0.1, -0.05) is 0 Å². The Bertz CT molecular complexity index is 449. The zero-order valence-electron chi connectivity index (χ0n) is 8.39. The second-order valence-corrected chi connectivity index (χ2v) is 3.44. The number of rotatable bonds is 2. The van der Waals surface area contributed by atoms with Crippen LogP contribution in [0.25, 0.3) is 5.69 Å². The Kier molecular flexibility index (Phi) is 2.51. The highest BCUT2D eigenvalue weighted by atomic mass is 19.1. The monoisotopic (exact) mass is 205 g/mol. The van der Waals surface area contributed by atoms with Gasteiger partial charge in [-0.05, 0) is 36.8 Å². The number of nitrogens with two attached hydrogens (primary N) is 1. The molecule has 1 aromatic heterocycles. The molecule has 0 bridgehead atoms. The van der Waals surface area contributed by atoms with Gasteiger partial charge in [-0.2, -0.15) is 5.10 Å². The van der Waals surface area contributed by atoms with Gasteiger partial charge in [0.05, 0.1) is 5.69 Å². The van der Waals surface area contributed by atoms with Crippen LogP contribution in [-0.4, -0.2) is 9.78 Å². The maximum atomic E-state index is 13.1. The standard InChI is InChI=1S/C11H12FN3/c1-8(13)10-7-9(12)3-4-11(10)15-6-2-5-14-15/h2-8H,13H2,1H3/t8-/m1/s1. The third-order valence-electron chi connectivity index (χ3n) is 2.23. The number of hydrogen-bond acceptors (Lipinski definition) is 2. The molecular weight excluding hydrogens is 193 g/mol. The first kappa shape index (κ1) is 9.86. The average Bonchev–Trinajstić information content (AvgIpc) is 2.70.